The highest BCUT2D eigenvalue weighted by molar-refractivity contribution is 5.25. The van der Waals surface area contributed by atoms with Gasteiger partial charge in [-0.3, -0.25) is 0 Å². The Kier molecular flexibility index (Phi) is 3.82. The Morgan fingerprint density at radius 2 is 2.18 bits per heavy atom. The Labute approximate surface area is 103 Å². The van der Waals surface area contributed by atoms with Crippen LogP contribution in [0.2, 0.25) is 0 Å². The fourth-order valence-electron chi connectivity index (χ4n) is 2.84. The molecule has 2 heteroatoms. The molecule has 0 radical (unpaired) electrons. The molecule has 0 amide bonds. The van der Waals surface area contributed by atoms with Gasteiger partial charge in [0.2, 0.25) is 0 Å². The molecule has 0 saturated heterocycles. The largest absolute Gasteiger partial charge is 0.388 e. The monoisotopic (exact) mass is 236 g/mol. The summed E-state index contributed by atoms with van der Waals surface area (Å²) >= 11 is 0. The van der Waals surface area contributed by atoms with E-state index < -0.39 is 6.10 Å². The molecule has 0 aromatic heterocycles. The summed E-state index contributed by atoms with van der Waals surface area (Å²) in [6.45, 7) is 3.94. The molecule has 0 bridgehead atoms. The summed E-state index contributed by atoms with van der Waals surface area (Å²) in [5.41, 5.74) is 1.37. The predicted octanol–water partition coefficient (Wildman–Crippen LogP) is 3.99. The average Bonchev–Trinajstić information content (AvgIpc) is 2.80. The molecule has 1 aliphatic carbocycles. The van der Waals surface area contributed by atoms with Crippen LogP contribution in [0.4, 0.5) is 4.39 Å². The van der Waals surface area contributed by atoms with E-state index in [2.05, 4.69) is 6.92 Å². The molecule has 17 heavy (non-hydrogen) atoms. The zero-order valence-corrected chi connectivity index (χ0v) is 10.6. The van der Waals surface area contributed by atoms with Crippen LogP contribution in [0.3, 0.4) is 0 Å². The van der Waals surface area contributed by atoms with Crippen LogP contribution in [0.1, 0.15) is 49.8 Å². The summed E-state index contributed by atoms with van der Waals surface area (Å²) in [6, 6.07) is 5.09. The molecule has 1 fully saturated rings. The molecule has 94 valence electrons. The van der Waals surface area contributed by atoms with E-state index in [9.17, 15) is 9.50 Å². The highest BCUT2D eigenvalue weighted by Crippen LogP contribution is 2.40. The average molecular weight is 236 g/mol. The van der Waals surface area contributed by atoms with Gasteiger partial charge >= 0.3 is 0 Å². The number of aliphatic hydroxyl groups is 1. The van der Waals surface area contributed by atoms with E-state index in [4.69, 9.17) is 0 Å². The smallest absolute Gasteiger partial charge is 0.126 e. The van der Waals surface area contributed by atoms with Crippen LogP contribution in [-0.4, -0.2) is 5.11 Å². The van der Waals surface area contributed by atoms with Gasteiger partial charge in [0.05, 0.1) is 6.10 Å². The minimum absolute atomic E-state index is 0.216. The lowest BCUT2D eigenvalue weighted by Gasteiger charge is -2.19. The number of benzene rings is 1. The van der Waals surface area contributed by atoms with Crippen molar-refractivity contribution in [2.24, 2.45) is 11.8 Å². The summed E-state index contributed by atoms with van der Waals surface area (Å²) in [4.78, 5) is 0. The summed E-state index contributed by atoms with van der Waals surface area (Å²) < 4.78 is 13.5. The molecule has 1 nitrogen and oxygen atoms in total. The fourth-order valence-corrected chi connectivity index (χ4v) is 2.84. The molecule has 1 saturated carbocycles. The van der Waals surface area contributed by atoms with Gasteiger partial charge in [-0.25, -0.2) is 4.39 Å². The summed E-state index contributed by atoms with van der Waals surface area (Å²) in [5.74, 6) is 0.832. The van der Waals surface area contributed by atoms with E-state index in [-0.39, 0.29) is 5.82 Å². The van der Waals surface area contributed by atoms with Crippen molar-refractivity contribution >= 4 is 0 Å². The quantitative estimate of drug-likeness (QED) is 0.841. The molecule has 0 spiro atoms. The first-order valence-corrected chi connectivity index (χ1v) is 6.56. The van der Waals surface area contributed by atoms with E-state index in [1.165, 1.54) is 18.9 Å². The Morgan fingerprint density at radius 3 is 2.76 bits per heavy atom. The van der Waals surface area contributed by atoms with E-state index in [0.29, 0.717) is 11.5 Å². The molecular formula is C15H21FO. The van der Waals surface area contributed by atoms with Crippen LogP contribution in [-0.2, 0) is 0 Å². The molecule has 0 heterocycles. The molecule has 2 rings (SSSR count). The maximum Gasteiger partial charge on any atom is 0.126 e. The lowest BCUT2D eigenvalue weighted by atomic mass is 9.92. The highest BCUT2D eigenvalue weighted by Gasteiger charge is 2.29. The van der Waals surface area contributed by atoms with Gasteiger partial charge in [-0.2, -0.15) is 0 Å². The van der Waals surface area contributed by atoms with Gasteiger partial charge in [0.15, 0.2) is 0 Å². The maximum atomic E-state index is 13.5. The van der Waals surface area contributed by atoms with Crippen molar-refractivity contribution < 1.29 is 9.50 Å². The molecule has 1 aromatic carbocycles. The second-order valence-corrected chi connectivity index (χ2v) is 5.30. The van der Waals surface area contributed by atoms with Crippen molar-refractivity contribution in [1.29, 1.82) is 0 Å². The van der Waals surface area contributed by atoms with Crippen molar-refractivity contribution in [3.05, 3.63) is 35.1 Å². The standard InChI is InChI=1S/C15H21FO/c1-3-11-5-7-12(8-11)15(17)13-6-4-10(2)14(16)9-13/h4,6,9,11-12,15,17H,3,5,7-8H2,1-2H3. The van der Waals surface area contributed by atoms with Crippen LogP contribution in [0.15, 0.2) is 18.2 Å². The molecule has 1 aromatic rings. The minimum Gasteiger partial charge on any atom is -0.388 e. The summed E-state index contributed by atoms with van der Waals surface area (Å²) in [6.07, 6.45) is 4.03. The Hall–Kier alpha value is -0.890. The zero-order chi connectivity index (χ0) is 12.4. The van der Waals surface area contributed by atoms with Gasteiger partial charge in [-0.05, 0) is 48.8 Å². The van der Waals surface area contributed by atoms with Crippen LogP contribution < -0.4 is 0 Å². The molecule has 1 N–H and O–H groups in total. The second kappa shape index (κ2) is 5.18. The lowest BCUT2D eigenvalue weighted by molar-refractivity contribution is 0.109. The van der Waals surface area contributed by atoms with Gasteiger partial charge in [-0.15, -0.1) is 0 Å². The predicted molar refractivity (Wildman–Crippen MR) is 67.2 cm³/mol. The summed E-state index contributed by atoms with van der Waals surface area (Å²) in [5, 5.41) is 10.3. The van der Waals surface area contributed by atoms with E-state index in [1.54, 1.807) is 13.0 Å². The van der Waals surface area contributed by atoms with Gasteiger partial charge in [0.1, 0.15) is 5.82 Å². The minimum atomic E-state index is -0.498. The number of rotatable bonds is 3. The number of aliphatic hydroxyl groups excluding tert-OH is 1. The lowest BCUT2D eigenvalue weighted by Crippen LogP contribution is -2.10. The maximum absolute atomic E-state index is 13.5. The van der Waals surface area contributed by atoms with Crippen LogP contribution in [0.25, 0.3) is 0 Å². The topological polar surface area (TPSA) is 20.2 Å². The number of hydrogen-bond acceptors (Lipinski definition) is 1. The van der Waals surface area contributed by atoms with Crippen LogP contribution in [0, 0.1) is 24.6 Å². The first-order chi connectivity index (χ1) is 8.11. The molecule has 3 unspecified atom stereocenters. The number of aryl methyl sites for hydroxylation is 1. The normalized spacial score (nSPS) is 26.1. The zero-order valence-electron chi connectivity index (χ0n) is 10.6. The van der Waals surface area contributed by atoms with Crippen molar-refractivity contribution in [1.82, 2.24) is 0 Å². The van der Waals surface area contributed by atoms with E-state index in [0.717, 1.165) is 24.3 Å². The number of halogens is 1. The molecule has 1 aliphatic rings. The molecular weight excluding hydrogens is 215 g/mol. The third-order valence-corrected chi connectivity index (χ3v) is 4.14. The SMILES string of the molecule is CCC1CCC(C(O)c2ccc(C)c(F)c2)C1. The van der Waals surface area contributed by atoms with Gasteiger partial charge < -0.3 is 5.11 Å². The highest BCUT2D eigenvalue weighted by atomic mass is 19.1. The van der Waals surface area contributed by atoms with E-state index >= 15 is 0 Å². The van der Waals surface area contributed by atoms with Crippen LogP contribution in [0.5, 0.6) is 0 Å². The second-order valence-electron chi connectivity index (χ2n) is 5.30. The van der Waals surface area contributed by atoms with Gasteiger partial charge in [0, 0.05) is 0 Å². The molecule has 3 atom stereocenters. The van der Waals surface area contributed by atoms with Crippen LogP contribution >= 0.6 is 0 Å². The first-order valence-electron chi connectivity index (χ1n) is 6.56. The van der Waals surface area contributed by atoms with Crippen molar-refractivity contribution in [2.75, 3.05) is 0 Å². The third kappa shape index (κ3) is 2.68. The Balaban J connectivity index is 2.09. The van der Waals surface area contributed by atoms with Gasteiger partial charge in [0.25, 0.3) is 0 Å². The Bertz CT molecular complexity index is 389. The number of hydrogen-bond donors (Lipinski definition) is 1. The molecule has 0 aliphatic heterocycles. The Morgan fingerprint density at radius 1 is 1.41 bits per heavy atom. The van der Waals surface area contributed by atoms with Crippen molar-refractivity contribution in [3.63, 3.8) is 0 Å². The van der Waals surface area contributed by atoms with E-state index in [1.807, 2.05) is 6.07 Å². The van der Waals surface area contributed by atoms with Crippen molar-refractivity contribution in [2.45, 2.75) is 45.6 Å². The van der Waals surface area contributed by atoms with Gasteiger partial charge in [-0.1, -0.05) is 31.9 Å². The van der Waals surface area contributed by atoms with Crippen molar-refractivity contribution in [3.8, 4) is 0 Å². The summed E-state index contributed by atoms with van der Waals surface area (Å²) in [7, 11) is 0. The third-order valence-electron chi connectivity index (χ3n) is 4.14. The fraction of sp³-hybridized carbons (Fsp3) is 0.600. The first kappa shape index (κ1) is 12.6.